The number of carbonyl (C=O) groups is 1. The van der Waals surface area contributed by atoms with Crippen LogP contribution in [0.15, 0.2) is 27.4 Å². The molecular formula is C16H18O5. The molecule has 5 heteroatoms. The topological polar surface area (TPSA) is 76.7 Å². The number of rotatable bonds is 5. The van der Waals surface area contributed by atoms with Gasteiger partial charge in [-0.3, -0.25) is 0 Å². The highest BCUT2D eigenvalue weighted by atomic mass is 16.5. The second-order valence-corrected chi connectivity index (χ2v) is 5.00. The number of carboxylic acid groups (broad SMARTS) is 1. The van der Waals surface area contributed by atoms with Gasteiger partial charge in [-0.05, 0) is 38.0 Å². The second kappa shape index (κ2) is 5.99. The molecule has 0 aliphatic carbocycles. The molecule has 0 spiro atoms. The fourth-order valence-corrected chi connectivity index (χ4v) is 2.25. The molecule has 0 aliphatic heterocycles. The van der Waals surface area contributed by atoms with Crippen LogP contribution >= 0.6 is 0 Å². The lowest BCUT2D eigenvalue weighted by molar-refractivity contribution is -0.144. The van der Waals surface area contributed by atoms with Gasteiger partial charge in [-0.2, -0.15) is 0 Å². The summed E-state index contributed by atoms with van der Waals surface area (Å²) in [5.74, 6) is -0.634. The van der Waals surface area contributed by atoms with Crippen LogP contribution in [0.3, 0.4) is 0 Å². The van der Waals surface area contributed by atoms with Crippen molar-refractivity contribution < 1.29 is 19.1 Å². The minimum atomic E-state index is -1.05. The van der Waals surface area contributed by atoms with Gasteiger partial charge in [-0.15, -0.1) is 0 Å². The normalized spacial score (nSPS) is 12.3. The number of hydrogen-bond donors (Lipinski definition) is 1. The zero-order valence-electron chi connectivity index (χ0n) is 12.3. The quantitative estimate of drug-likeness (QED) is 0.857. The van der Waals surface area contributed by atoms with Crippen LogP contribution in [0.4, 0.5) is 0 Å². The van der Waals surface area contributed by atoms with Gasteiger partial charge < -0.3 is 14.3 Å². The van der Waals surface area contributed by atoms with E-state index in [0.29, 0.717) is 16.9 Å². The van der Waals surface area contributed by atoms with Gasteiger partial charge in [-0.1, -0.05) is 13.3 Å². The van der Waals surface area contributed by atoms with Crippen LogP contribution in [0.1, 0.15) is 31.4 Å². The summed E-state index contributed by atoms with van der Waals surface area (Å²) in [5.41, 5.74) is 1.62. The molecule has 0 fully saturated rings. The summed E-state index contributed by atoms with van der Waals surface area (Å²) in [6, 6.07) is 5.03. The first-order valence-electron chi connectivity index (χ1n) is 6.89. The Bertz CT molecular complexity index is 729. The third-order valence-corrected chi connectivity index (χ3v) is 3.37. The molecule has 0 aliphatic rings. The Morgan fingerprint density at radius 3 is 2.76 bits per heavy atom. The van der Waals surface area contributed by atoms with Gasteiger partial charge in [0.25, 0.3) is 0 Å². The van der Waals surface area contributed by atoms with Gasteiger partial charge in [0.1, 0.15) is 11.3 Å². The van der Waals surface area contributed by atoms with E-state index in [-0.39, 0.29) is 0 Å². The molecule has 21 heavy (non-hydrogen) atoms. The molecule has 112 valence electrons. The predicted octanol–water partition coefficient (Wildman–Crippen LogP) is 2.91. The maximum Gasteiger partial charge on any atom is 0.344 e. The van der Waals surface area contributed by atoms with Crippen molar-refractivity contribution in [2.24, 2.45) is 0 Å². The summed E-state index contributed by atoms with van der Waals surface area (Å²) in [4.78, 5) is 22.5. The maximum absolute atomic E-state index is 11.7. The van der Waals surface area contributed by atoms with E-state index in [9.17, 15) is 9.59 Å². The smallest absolute Gasteiger partial charge is 0.344 e. The third-order valence-electron chi connectivity index (χ3n) is 3.37. The highest BCUT2D eigenvalue weighted by molar-refractivity contribution is 5.85. The van der Waals surface area contributed by atoms with Crippen molar-refractivity contribution in [2.45, 2.75) is 39.7 Å². The summed E-state index contributed by atoms with van der Waals surface area (Å²) in [5, 5.41) is 9.77. The van der Waals surface area contributed by atoms with Crippen molar-refractivity contribution in [2.75, 3.05) is 0 Å². The Morgan fingerprint density at radius 2 is 2.14 bits per heavy atom. The van der Waals surface area contributed by atoms with Gasteiger partial charge in [-0.25, -0.2) is 9.59 Å². The molecule has 0 amide bonds. The van der Waals surface area contributed by atoms with Gasteiger partial charge in [0.15, 0.2) is 6.10 Å². The van der Waals surface area contributed by atoms with Gasteiger partial charge in [0.2, 0.25) is 0 Å². The third kappa shape index (κ3) is 3.07. The number of benzene rings is 1. The average Bonchev–Trinajstić information content (AvgIpc) is 2.42. The number of hydrogen-bond acceptors (Lipinski definition) is 4. The maximum atomic E-state index is 11.7. The molecule has 1 N–H and O–H groups in total. The minimum Gasteiger partial charge on any atom is -0.479 e. The molecule has 0 unspecified atom stereocenters. The molecule has 1 aromatic heterocycles. The highest BCUT2D eigenvalue weighted by Crippen LogP contribution is 2.29. The number of aryl methyl sites for hydroxylation is 2. The van der Waals surface area contributed by atoms with Crippen LogP contribution in [0.5, 0.6) is 5.75 Å². The summed E-state index contributed by atoms with van der Waals surface area (Å²) >= 11 is 0. The number of fused-ring (bicyclic) bond motifs is 1. The van der Waals surface area contributed by atoms with E-state index in [4.69, 9.17) is 14.3 Å². The van der Waals surface area contributed by atoms with Crippen LogP contribution in [0.2, 0.25) is 0 Å². The SMILES string of the molecule is CCCc1cc(=O)oc2c(C)c(O[C@H](C)C(=O)O)ccc12. The van der Waals surface area contributed by atoms with Crippen LogP contribution < -0.4 is 10.4 Å². The molecule has 1 atom stereocenters. The summed E-state index contributed by atoms with van der Waals surface area (Å²) in [7, 11) is 0. The van der Waals surface area contributed by atoms with Crippen LogP contribution in [0.25, 0.3) is 11.0 Å². The van der Waals surface area contributed by atoms with Crippen molar-refractivity contribution in [3.63, 3.8) is 0 Å². The fourth-order valence-electron chi connectivity index (χ4n) is 2.25. The van der Waals surface area contributed by atoms with Crippen LogP contribution in [-0.2, 0) is 11.2 Å². The molecule has 1 heterocycles. The first-order chi connectivity index (χ1) is 9.93. The summed E-state index contributed by atoms with van der Waals surface area (Å²) in [6.45, 7) is 5.25. The lowest BCUT2D eigenvalue weighted by Crippen LogP contribution is -2.23. The molecule has 0 saturated carbocycles. The molecule has 0 saturated heterocycles. The lowest BCUT2D eigenvalue weighted by Gasteiger charge is -2.14. The number of aliphatic carboxylic acids is 1. The van der Waals surface area contributed by atoms with Crippen LogP contribution in [0, 0.1) is 6.92 Å². The van der Waals surface area contributed by atoms with Crippen LogP contribution in [-0.4, -0.2) is 17.2 Å². The Morgan fingerprint density at radius 1 is 1.43 bits per heavy atom. The number of ether oxygens (including phenoxy) is 1. The Labute approximate surface area is 122 Å². The molecule has 2 rings (SSSR count). The minimum absolute atomic E-state index is 0.405. The van der Waals surface area contributed by atoms with E-state index < -0.39 is 17.7 Å². The van der Waals surface area contributed by atoms with Gasteiger partial charge >= 0.3 is 11.6 Å². The number of carboxylic acids is 1. The van der Waals surface area contributed by atoms with Crippen molar-refractivity contribution in [1.29, 1.82) is 0 Å². The predicted molar refractivity (Wildman–Crippen MR) is 78.9 cm³/mol. The fraction of sp³-hybridized carbons (Fsp3) is 0.375. The Kier molecular flexibility index (Phi) is 4.31. The molecule has 5 nitrogen and oxygen atoms in total. The van der Waals surface area contributed by atoms with Crippen molar-refractivity contribution in [3.8, 4) is 5.75 Å². The standard InChI is InChI=1S/C16H18O5/c1-4-5-11-8-14(17)21-15-9(2)13(7-6-12(11)15)20-10(3)16(18)19/h6-8,10H,4-5H2,1-3H3,(H,18,19)/t10-/m1/s1. The first-order valence-corrected chi connectivity index (χ1v) is 6.89. The zero-order valence-corrected chi connectivity index (χ0v) is 12.3. The largest absolute Gasteiger partial charge is 0.479 e. The molecular weight excluding hydrogens is 272 g/mol. The van der Waals surface area contributed by atoms with Gasteiger partial charge in [0.05, 0.1) is 0 Å². The van der Waals surface area contributed by atoms with E-state index >= 15 is 0 Å². The van der Waals surface area contributed by atoms with E-state index in [1.807, 2.05) is 6.92 Å². The van der Waals surface area contributed by atoms with Crippen molar-refractivity contribution in [3.05, 3.63) is 39.7 Å². The van der Waals surface area contributed by atoms with Crippen molar-refractivity contribution >= 4 is 16.9 Å². The van der Waals surface area contributed by atoms with Crippen molar-refractivity contribution in [1.82, 2.24) is 0 Å². The molecule has 0 bridgehead atoms. The first kappa shape index (κ1) is 15.1. The molecule has 2 aromatic rings. The molecule has 0 radical (unpaired) electrons. The molecule has 1 aromatic carbocycles. The van der Waals surface area contributed by atoms with Gasteiger partial charge in [0, 0.05) is 17.0 Å². The zero-order chi connectivity index (χ0) is 15.6. The summed E-state index contributed by atoms with van der Waals surface area (Å²) < 4.78 is 10.7. The van der Waals surface area contributed by atoms with E-state index in [1.54, 1.807) is 19.1 Å². The van der Waals surface area contributed by atoms with E-state index in [1.165, 1.54) is 13.0 Å². The summed E-state index contributed by atoms with van der Waals surface area (Å²) in [6.07, 6.45) is 0.741. The second-order valence-electron chi connectivity index (χ2n) is 5.00. The monoisotopic (exact) mass is 290 g/mol. The lowest BCUT2D eigenvalue weighted by atomic mass is 10.0. The Hall–Kier alpha value is -2.30. The average molecular weight is 290 g/mol. The highest BCUT2D eigenvalue weighted by Gasteiger charge is 2.16. The Balaban J connectivity index is 2.56. The van der Waals surface area contributed by atoms with E-state index in [2.05, 4.69) is 0 Å². The van der Waals surface area contributed by atoms with E-state index in [0.717, 1.165) is 23.8 Å².